The lowest BCUT2D eigenvalue weighted by Crippen LogP contribution is -2.10. The largest absolute Gasteiger partial charge is 0.403 e. The fraction of sp³-hybridized carbons (Fsp3) is 0.0556. The number of benzene rings is 2. The fourth-order valence-corrected chi connectivity index (χ4v) is 4.96. The topological polar surface area (TPSA) is 102 Å². The second-order valence-electron chi connectivity index (χ2n) is 5.88. The Labute approximate surface area is 168 Å². The number of carbonyl (C=O) groups is 1. The summed E-state index contributed by atoms with van der Waals surface area (Å²) in [6.07, 6.45) is 1.09. The molecule has 0 aliphatic heterocycles. The molecule has 1 N–H and O–H groups in total. The second kappa shape index (κ2) is 7.01. The number of hydrogen-bond acceptors (Lipinski definition) is 7. The molecule has 142 valence electrons. The van der Waals surface area contributed by atoms with Gasteiger partial charge in [0, 0.05) is 16.3 Å². The monoisotopic (exact) mass is 433 g/mol. The Hall–Kier alpha value is -2.75. The molecule has 0 radical (unpaired) electrons. The molecule has 0 aliphatic carbocycles. The average Bonchev–Trinajstić information content (AvgIpc) is 3.26. The molecule has 10 heteroatoms. The highest BCUT2D eigenvalue weighted by molar-refractivity contribution is 7.90. The summed E-state index contributed by atoms with van der Waals surface area (Å²) in [4.78, 5) is 12.9. The zero-order valence-electron chi connectivity index (χ0n) is 14.3. The van der Waals surface area contributed by atoms with Gasteiger partial charge in [0.15, 0.2) is 9.84 Å². The van der Waals surface area contributed by atoms with Gasteiger partial charge in [0.25, 0.3) is 11.8 Å². The Morgan fingerprint density at radius 3 is 2.57 bits per heavy atom. The number of hydrogen-bond donors (Lipinski definition) is 1. The summed E-state index contributed by atoms with van der Waals surface area (Å²) in [5, 5.41) is 11.3. The summed E-state index contributed by atoms with van der Waals surface area (Å²) in [6.45, 7) is 0. The van der Waals surface area contributed by atoms with Crippen molar-refractivity contribution in [3.63, 3.8) is 0 Å². The molecular weight excluding hydrogens is 422 g/mol. The first-order chi connectivity index (χ1) is 13.3. The number of aromatic nitrogens is 2. The van der Waals surface area contributed by atoms with Crippen molar-refractivity contribution < 1.29 is 17.6 Å². The number of sulfone groups is 1. The Bertz CT molecular complexity index is 1310. The molecule has 0 saturated carbocycles. The first-order valence-corrected chi connectivity index (χ1v) is 11.0. The molecule has 2 heterocycles. The molecule has 4 aromatic rings. The lowest BCUT2D eigenvalue weighted by molar-refractivity contribution is 0.102. The van der Waals surface area contributed by atoms with Crippen molar-refractivity contribution in [1.29, 1.82) is 0 Å². The molecule has 0 bridgehead atoms. The van der Waals surface area contributed by atoms with E-state index in [1.165, 1.54) is 17.4 Å². The highest BCUT2D eigenvalue weighted by Crippen LogP contribution is 2.35. The van der Waals surface area contributed by atoms with Crippen LogP contribution in [0.2, 0.25) is 5.02 Å². The molecule has 1 amide bonds. The van der Waals surface area contributed by atoms with E-state index in [1.54, 1.807) is 18.2 Å². The molecule has 2 aromatic carbocycles. The van der Waals surface area contributed by atoms with Gasteiger partial charge >= 0.3 is 6.01 Å². The molecule has 0 saturated heterocycles. The van der Waals surface area contributed by atoms with Gasteiger partial charge in [0.05, 0.1) is 15.5 Å². The number of rotatable bonds is 4. The summed E-state index contributed by atoms with van der Waals surface area (Å²) >= 11 is 7.55. The zero-order valence-corrected chi connectivity index (χ0v) is 16.7. The summed E-state index contributed by atoms with van der Waals surface area (Å²) in [7, 11) is -3.49. The first-order valence-electron chi connectivity index (χ1n) is 7.96. The number of anilines is 1. The fourth-order valence-electron chi connectivity index (χ4n) is 2.66. The van der Waals surface area contributed by atoms with Crippen molar-refractivity contribution in [2.45, 2.75) is 4.90 Å². The normalized spacial score (nSPS) is 11.6. The number of nitrogens with zero attached hydrogens (tertiary/aromatic N) is 2. The third-order valence-electron chi connectivity index (χ3n) is 3.90. The van der Waals surface area contributed by atoms with Crippen molar-refractivity contribution in [3.8, 4) is 11.5 Å². The number of halogens is 1. The predicted octanol–water partition coefficient (Wildman–Crippen LogP) is 4.26. The van der Waals surface area contributed by atoms with Crippen molar-refractivity contribution in [2.24, 2.45) is 0 Å². The molecule has 2 aromatic heterocycles. The van der Waals surface area contributed by atoms with Crippen LogP contribution in [0.5, 0.6) is 0 Å². The highest BCUT2D eigenvalue weighted by atomic mass is 35.5. The van der Waals surface area contributed by atoms with E-state index >= 15 is 0 Å². The summed E-state index contributed by atoms with van der Waals surface area (Å²) in [6, 6.07) is 13.5. The third-order valence-corrected chi connectivity index (χ3v) is 6.73. The van der Waals surface area contributed by atoms with Crippen molar-refractivity contribution in [2.75, 3.05) is 11.6 Å². The first kappa shape index (κ1) is 18.6. The minimum atomic E-state index is -3.49. The Kier molecular flexibility index (Phi) is 4.66. The summed E-state index contributed by atoms with van der Waals surface area (Å²) in [5.74, 6) is -0.503. The van der Waals surface area contributed by atoms with Gasteiger partial charge in [-0.15, -0.1) is 16.4 Å². The summed E-state index contributed by atoms with van der Waals surface area (Å²) in [5.41, 5.74) is 0.262. The number of amides is 1. The molecule has 0 atom stereocenters. The number of fused-ring (bicyclic) bond motifs is 1. The zero-order chi connectivity index (χ0) is 19.9. The minimum Gasteiger partial charge on any atom is -0.403 e. The van der Waals surface area contributed by atoms with Gasteiger partial charge < -0.3 is 4.42 Å². The van der Waals surface area contributed by atoms with E-state index in [-0.39, 0.29) is 22.4 Å². The van der Waals surface area contributed by atoms with Crippen LogP contribution < -0.4 is 5.32 Å². The van der Waals surface area contributed by atoms with Crippen molar-refractivity contribution in [3.05, 3.63) is 58.4 Å². The van der Waals surface area contributed by atoms with Gasteiger partial charge in [0.2, 0.25) is 0 Å². The number of carbonyl (C=O) groups excluding carboxylic acids is 1. The molecule has 28 heavy (non-hydrogen) atoms. The SMILES string of the molecule is CS(=O)(=O)c1ccccc1-c1nnc(NC(=O)c2sc3ccccc3c2Cl)o1. The molecular formula is C18H12ClN3O4S2. The van der Waals surface area contributed by atoms with Gasteiger partial charge in [-0.1, -0.05) is 47.0 Å². The lowest BCUT2D eigenvalue weighted by atomic mass is 10.2. The van der Waals surface area contributed by atoms with E-state index in [0.717, 1.165) is 16.3 Å². The molecule has 7 nitrogen and oxygen atoms in total. The van der Waals surface area contributed by atoms with E-state index in [9.17, 15) is 13.2 Å². The van der Waals surface area contributed by atoms with Crippen LogP contribution in [0.3, 0.4) is 0 Å². The van der Waals surface area contributed by atoms with Crippen LogP contribution in [0.4, 0.5) is 6.01 Å². The lowest BCUT2D eigenvalue weighted by Gasteiger charge is -2.03. The second-order valence-corrected chi connectivity index (χ2v) is 9.29. The average molecular weight is 434 g/mol. The van der Waals surface area contributed by atoms with Gasteiger partial charge in [-0.2, -0.15) is 0 Å². The molecule has 4 rings (SSSR count). The van der Waals surface area contributed by atoms with Gasteiger partial charge in [-0.25, -0.2) is 8.42 Å². The standard InChI is InChI=1S/C18H12ClN3O4S2/c1-28(24,25)13-9-5-3-7-11(13)17-21-22-18(26-17)20-16(23)15-14(19)10-6-2-4-8-12(10)27-15/h2-9H,1H3,(H,20,22,23). The Morgan fingerprint density at radius 1 is 1.11 bits per heavy atom. The van der Waals surface area contributed by atoms with Crippen LogP contribution in [0.1, 0.15) is 9.67 Å². The van der Waals surface area contributed by atoms with Crippen LogP contribution in [0, 0.1) is 0 Å². The van der Waals surface area contributed by atoms with E-state index < -0.39 is 15.7 Å². The van der Waals surface area contributed by atoms with Crippen LogP contribution in [0.15, 0.2) is 57.8 Å². The highest BCUT2D eigenvalue weighted by Gasteiger charge is 2.21. The third kappa shape index (κ3) is 3.39. The van der Waals surface area contributed by atoms with Crippen LogP contribution in [-0.4, -0.2) is 30.8 Å². The summed E-state index contributed by atoms with van der Waals surface area (Å²) < 4.78 is 30.2. The van der Waals surface area contributed by atoms with Crippen LogP contribution in [0.25, 0.3) is 21.5 Å². The number of nitrogens with one attached hydrogen (secondary N) is 1. The van der Waals surface area contributed by atoms with E-state index in [1.807, 2.05) is 24.3 Å². The molecule has 0 spiro atoms. The molecule has 0 fully saturated rings. The maximum Gasteiger partial charge on any atom is 0.322 e. The van der Waals surface area contributed by atoms with Crippen molar-refractivity contribution >= 4 is 54.8 Å². The van der Waals surface area contributed by atoms with Crippen molar-refractivity contribution in [1.82, 2.24) is 10.2 Å². The van der Waals surface area contributed by atoms with Crippen LogP contribution >= 0.6 is 22.9 Å². The van der Waals surface area contributed by atoms with E-state index in [4.69, 9.17) is 16.0 Å². The Morgan fingerprint density at radius 2 is 1.82 bits per heavy atom. The van der Waals surface area contributed by atoms with Crippen LogP contribution in [-0.2, 0) is 9.84 Å². The molecule has 0 aliphatic rings. The number of thiophene rings is 1. The Balaban J connectivity index is 1.64. The quantitative estimate of drug-likeness (QED) is 0.515. The smallest absolute Gasteiger partial charge is 0.322 e. The van der Waals surface area contributed by atoms with Gasteiger partial charge in [-0.05, 0) is 18.2 Å². The minimum absolute atomic E-state index is 0.0150. The van der Waals surface area contributed by atoms with Gasteiger partial charge in [-0.3, -0.25) is 10.1 Å². The predicted molar refractivity (Wildman–Crippen MR) is 108 cm³/mol. The molecule has 0 unspecified atom stereocenters. The van der Waals surface area contributed by atoms with E-state index in [0.29, 0.717) is 9.90 Å². The van der Waals surface area contributed by atoms with Gasteiger partial charge in [0.1, 0.15) is 4.88 Å². The maximum atomic E-state index is 12.6. The van der Waals surface area contributed by atoms with E-state index in [2.05, 4.69) is 15.5 Å². The maximum absolute atomic E-state index is 12.6.